The van der Waals surface area contributed by atoms with Crippen LogP contribution in [0.15, 0.2) is 29.2 Å². The minimum atomic E-state index is 0.863. The van der Waals surface area contributed by atoms with E-state index in [4.69, 9.17) is 5.73 Å². The van der Waals surface area contributed by atoms with Gasteiger partial charge >= 0.3 is 0 Å². The normalized spacial score (nSPS) is 9.70. The molecule has 0 heterocycles. The SMILES string of the molecule is CSSc1ccccc1N. The van der Waals surface area contributed by atoms with Gasteiger partial charge in [0.15, 0.2) is 0 Å². The molecule has 54 valence electrons. The van der Waals surface area contributed by atoms with E-state index in [9.17, 15) is 0 Å². The van der Waals surface area contributed by atoms with Gasteiger partial charge in [0.2, 0.25) is 0 Å². The predicted molar refractivity (Wildman–Crippen MR) is 50.2 cm³/mol. The standard InChI is InChI=1S/C7H9NS2/c1-9-10-7-5-3-2-4-6(7)8/h2-5H,8H2,1H3. The Morgan fingerprint density at radius 3 is 2.60 bits per heavy atom. The lowest BCUT2D eigenvalue weighted by Crippen LogP contribution is -1.84. The minimum absolute atomic E-state index is 0.863. The zero-order valence-electron chi connectivity index (χ0n) is 5.70. The van der Waals surface area contributed by atoms with E-state index >= 15 is 0 Å². The van der Waals surface area contributed by atoms with Crippen molar-refractivity contribution in [3.63, 3.8) is 0 Å². The van der Waals surface area contributed by atoms with E-state index in [0.717, 1.165) is 10.6 Å². The van der Waals surface area contributed by atoms with E-state index in [-0.39, 0.29) is 0 Å². The quantitative estimate of drug-likeness (QED) is 0.547. The Bertz CT molecular complexity index is 213. The van der Waals surface area contributed by atoms with Crippen LogP contribution in [0.5, 0.6) is 0 Å². The Morgan fingerprint density at radius 2 is 2.00 bits per heavy atom. The van der Waals surface area contributed by atoms with Gasteiger partial charge < -0.3 is 5.73 Å². The fourth-order valence-corrected chi connectivity index (χ4v) is 2.12. The van der Waals surface area contributed by atoms with E-state index in [0.29, 0.717) is 0 Å². The third-order valence-electron chi connectivity index (χ3n) is 1.09. The zero-order chi connectivity index (χ0) is 7.40. The van der Waals surface area contributed by atoms with Crippen LogP contribution in [-0.4, -0.2) is 6.26 Å². The van der Waals surface area contributed by atoms with Crippen molar-refractivity contribution >= 4 is 27.3 Å². The number of hydrogen-bond acceptors (Lipinski definition) is 3. The van der Waals surface area contributed by atoms with Gasteiger partial charge in [0.05, 0.1) is 0 Å². The molecular formula is C7H9NS2. The summed E-state index contributed by atoms with van der Waals surface area (Å²) in [7, 11) is 3.40. The first-order valence-corrected chi connectivity index (χ1v) is 5.45. The second-order valence-corrected chi connectivity index (χ2v) is 4.23. The molecule has 1 aromatic carbocycles. The van der Waals surface area contributed by atoms with E-state index < -0.39 is 0 Å². The second-order valence-electron chi connectivity index (χ2n) is 1.79. The number of rotatable bonds is 2. The average Bonchev–Trinajstić information content (AvgIpc) is 1.94. The highest BCUT2D eigenvalue weighted by Gasteiger charge is 1.94. The van der Waals surface area contributed by atoms with Crippen molar-refractivity contribution in [2.75, 3.05) is 12.0 Å². The summed E-state index contributed by atoms with van der Waals surface area (Å²) in [4.78, 5) is 1.15. The Kier molecular flexibility index (Phi) is 2.96. The highest BCUT2D eigenvalue weighted by Crippen LogP contribution is 2.32. The van der Waals surface area contributed by atoms with Gasteiger partial charge in [0, 0.05) is 10.6 Å². The van der Waals surface area contributed by atoms with Crippen LogP contribution >= 0.6 is 21.6 Å². The molecule has 0 amide bonds. The van der Waals surface area contributed by atoms with Crippen LogP contribution in [0.3, 0.4) is 0 Å². The summed E-state index contributed by atoms with van der Waals surface area (Å²) in [5, 5.41) is 0. The third kappa shape index (κ3) is 1.85. The number of hydrogen-bond donors (Lipinski definition) is 1. The zero-order valence-corrected chi connectivity index (χ0v) is 7.34. The summed E-state index contributed by atoms with van der Waals surface area (Å²) < 4.78 is 0. The Balaban J connectivity index is 2.81. The van der Waals surface area contributed by atoms with Crippen molar-refractivity contribution < 1.29 is 0 Å². The average molecular weight is 171 g/mol. The molecule has 0 saturated heterocycles. The molecular weight excluding hydrogens is 162 g/mol. The van der Waals surface area contributed by atoms with Crippen molar-refractivity contribution in [3.05, 3.63) is 24.3 Å². The Hall–Kier alpha value is -0.280. The lowest BCUT2D eigenvalue weighted by Gasteiger charge is -1.99. The van der Waals surface area contributed by atoms with Crippen molar-refractivity contribution in [1.82, 2.24) is 0 Å². The largest absolute Gasteiger partial charge is 0.398 e. The van der Waals surface area contributed by atoms with E-state index in [2.05, 4.69) is 0 Å². The molecule has 0 aliphatic carbocycles. The van der Waals surface area contributed by atoms with Gasteiger partial charge in [-0.2, -0.15) is 0 Å². The first-order chi connectivity index (χ1) is 4.84. The predicted octanol–water partition coefficient (Wildman–Crippen LogP) is 2.64. The van der Waals surface area contributed by atoms with Gasteiger partial charge in [-0.3, -0.25) is 0 Å². The second kappa shape index (κ2) is 3.78. The lowest BCUT2D eigenvalue weighted by atomic mass is 10.3. The van der Waals surface area contributed by atoms with Crippen molar-refractivity contribution in [1.29, 1.82) is 0 Å². The van der Waals surface area contributed by atoms with Crippen LogP contribution in [0, 0.1) is 0 Å². The number of para-hydroxylation sites is 1. The van der Waals surface area contributed by atoms with Crippen molar-refractivity contribution in [3.8, 4) is 0 Å². The van der Waals surface area contributed by atoms with E-state index in [1.807, 2.05) is 30.5 Å². The van der Waals surface area contributed by atoms with Crippen LogP contribution in [-0.2, 0) is 0 Å². The molecule has 0 aliphatic heterocycles. The maximum absolute atomic E-state index is 5.67. The smallest absolute Gasteiger partial charge is 0.0460 e. The molecule has 0 bridgehead atoms. The topological polar surface area (TPSA) is 26.0 Å². The van der Waals surface area contributed by atoms with Gasteiger partial charge in [0.25, 0.3) is 0 Å². The van der Waals surface area contributed by atoms with Gasteiger partial charge in [-0.1, -0.05) is 33.7 Å². The summed E-state index contributed by atoms with van der Waals surface area (Å²) in [5.74, 6) is 0. The summed E-state index contributed by atoms with van der Waals surface area (Å²) in [5.41, 5.74) is 6.54. The fraction of sp³-hybridized carbons (Fsp3) is 0.143. The summed E-state index contributed by atoms with van der Waals surface area (Å²) in [6.45, 7) is 0. The van der Waals surface area contributed by atoms with E-state index in [1.54, 1.807) is 21.6 Å². The van der Waals surface area contributed by atoms with Gasteiger partial charge in [-0.05, 0) is 18.4 Å². The molecule has 1 nitrogen and oxygen atoms in total. The summed E-state index contributed by atoms with van der Waals surface area (Å²) >= 11 is 0. The molecule has 0 aromatic heterocycles. The molecule has 0 radical (unpaired) electrons. The maximum Gasteiger partial charge on any atom is 0.0460 e. The molecule has 2 N–H and O–H groups in total. The van der Waals surface area contributed by atoms with Crippen LogP contribution in [0.2, 0.25) is 0 Å². The van der Waals surface area contributed by atoms with Crippen LogP contribution in [0.25, 0.3) is 0 Å². The Labute approximate surface area is 68.8 Å². The van der Waals surface area contributed by atoms with Crippen LogP contribution in [0.4, 0.5) is 5.69 Å². The molecule has 1 rings (SSSR count). The van der Waals surface area contributed by atoms with Crippen molar-refractivity contribution in [2.45, 2.75) is 4.90 Å². The summed E-state index contributed by atoms with van der Waals surface area (Å²) in [6.07, 6.45) is 2.04. The number of nitrogen functional groups attached to an aromatic ring is 1. The van der Waals surface area contributed by atoms with Gasteiger partial charge in [-0.25, -0.2) is 0 Å². The Morgan fingerprint density at radius 1 is 1.30 bits per heavy atom. The highest BCUT2D eigenvalue weighted by molar-refractivity contribution is 8.76. The van der Waals surface area contributed by atoms with Gasteiger partial charge in [0.1, 0.15) is 0 Å². The third-order valence-corrected chi connectivity index (χ3v) is 2.85. The molecule has 0 atom stereocenters. The van der Waals surface area contributed by atoms with Crippen LogP contribution < -0.4 is 5.73 Å². The molecule has 0 spiro atoms. The lowest BCUT2D eigenvalue weighted by molar-refractivity contribution is 1.47. The number of benzene rings is 1. The molecule has 0 fully saturated rings. The van der Waals surface area contributed by atoms with Crippen molar-refractivity contribution in [2.24, 2.45) is 0 Å². The molecule has 3 heteroatoms. The van der Waals surface area contributed by atoms with Crippen LogP contribution in [0.1, 0.15) is 0 Å². The maximum atomic E-state index is 5.67. The highest BCUT2D eigenvalue weighted by atomic mass is 33.1. The molecule has 0 unspecified atom stereocenters. The first-order valence-electron chi connectivity index (χ1n) is 2.90. The minimum Gasteiger partial charge on any atom is -0.398 e. The van der Waals surface area contributed by atoms with Gasteiger partial charge in [-0.15, -0.1) is 0 Å². The monoisotopic (exact) mass is 171 g/mol. The molecule has 10 heavy (non-hydrogen) atoms. The fourth-order valence-electron chi connectivity index (χ4n) is 0.646. The summed E-state index contributed by atoms with van der Waals surface area (Å²) in [6, 6.07) is 7.88. The molecule has 0 saturated carbocycles. The number of anilines is 1. The number of nitrogens with two attached hydrogens (primary N) is 1. The van der Waals surface area contributed by atoms with E-state index in [1.165, 1.54) is 0 Å². The molecule has 0 aliphatic rings. The molecule has 1 aromatic rings. The first kappa shape index (κ1) is 7.82.